The van der Waals surface area contributed by atoms with E-state index in [4.69, 9.17) is 4.74 Å². The lowest BCUT2D eigenvalue weighted by atomic mass is 10.1. The topological polar surface area (TPSA) is 94.5 Å². The molecule has 2 aromatic heterocycles. The number of nitrogens with one attached hydrogen (secondary N) is 3. The van der Waals surface area contributed by atoms with Crippen molar-refractivity contribution in [3.63, 3.8) is 0 Å². The van der Waals surface area contributed by atoms with Gasteiger partial charge >= 0.3 is 0 Å². The Kier molecular flexibility index (Phi) is 9.06. The number of fused-ring (bicyclic) bond motifs is 2. The molecule has 0 saturated carbocycles. The van der Waals surface area contributed by atoms with Crippen LogP contribution in [0.5, 0.6) is 5.75 Å². The number of pyridine rings is 2. The minimum atomic E-state index is -0.698. The zero-order valence-electron chi connectivity index (χ0n) is 23.1. The first kappa shape index (κ1) is 28.4. The molecule has 208 valence electrons. The summed E-state index contributed by atoms with van der Waals surface area (Å²) in [4.78, 5) is 34.2. The molecule has 7 nitrogen and oxygen atoms in total. The number of rotatable bonds is 10. The molecule has 41 heavy (non-hydrogen) atoms. The van der Waals surface area contributed by atoms with Gasteiger partial charge in [0.2, 0.25) is 22.4 Å². The number of aromatic amines is 1. The number of carbonyl (C=O) groups excluding carboxylic acids is 2. The van der Waals surface area contributed by atoms with Crippen molar-refractivity contribution in [3.8, 4) is 5.75 Å². The second kappa shape index (κ2) is 13.1. The third-order valence-corrected chi connectivity index (χ3v) is 8.48. The van der Waals surface area contributed by atoms with Crippen molar-refractivity contribution in [2.24, 2.45) is 0 Å². The van der Waals surface area contributed by atoms with Gasteiger partial charge in [0.25, 0.3) is 0 Å². The Hall–Kier alpha value is -4.08. The van der Waals surface area contributed by atoms with Crippen molar-refractivity contribution in [2.75, 3.05) is 18.6 Å². The van der Waals surface area contributed by atoms with Crippen LogP contribution in [-0.4, -0.2) is 35.4 Å². The van der Waals surface area contributed by atoms with E-state index in [1.807, 2.05) is 73.7 Å². The molecular weight excluding hydrogens is 553 g/mol. The van der Waals surface area contributed by atoms with Gasteiger partial charge < -0.3 is 15.4 Å². The average Bonchev–Trinajstić information content (AvgIpc) is 2.99. The Bertz CT molecular complexity index is 1610. The fraction of sp³-hybridized carbons (Fsp3) is 0.188. The van der Waals surface area contributed by atoms with E-state index in [2.05, 4.69) is 33.6 Å². The zero-order valence-corrected chi connectivity index (χ0v) is 24.7. The predicted molar refractivity (Wildman–Crippen MR) is 165 cm³/mol. The highest BCUT2D eigenvalue weighted by molar-refractivity contribution is 8.00. The summed E-state index contributed by atoms with van der Waals surface area (Å²) in [6, 6.07) is 27.3. The highest BCUT2D eigenvalue weighted by Crippen LogP contribution is 2.24. The number of hydrogen-bond acceptors (Lipinski definition) is 6. The van der Waals surface area contributed by atoms with Gasteiger partial charge in [-0.05, 0) is 72.6 Å². The molecule has 0 spiro atoms. The van der Waals surface area contributed by atoms with E-state index in [9.17, 15) is 9.59 Å². The maximum atomic E-state index is 13.1. The minimum Gasteiger partial charge on any atom is -0.497 e. The van der Waals surface area contributed by atoms with Crippen LogP contribution in [0.3, 0.4) is 0 Å². The van der Waals surface area contributed by atoms with Gasteiger partial charge in [0.15, 0.2) is 0 Å². The van der Waals surface area contributed by atoms with E-state index < -0.39 is 6.17 Å². The lowest BCUT2D eigenvalue weighted by molar-refractivity contribution is -0.395. The molecule has 0 saturated heterocycles. The number of hydrogen-bond donors (Lipinski definition) is 2. The SMILES string of the molecule is COc1ccc(C(NC(=O)CSc2cc(C)c3ccccc3n2)NC(=O)CSc2cc(C)c3ccccc3[nH+]2)cc1. The number of amides is 2. The van der Waals surface area contributed by atoms with Gasteiger partial charge in [-0.1, -0.05) is 54.2 Å². The fourth-order valence-electron chi connectivity index (χ4n) is 4.54. The third-order valence-electron chi connectivity index (χ3n) is 6.63. The normalized spacial score (nSPS) is 11.8. The second-order valence-corrected chi connectivity index (χ2v) is 11.6. The quantitative estimate of drug-likeness (QED) is 0.163. The molecule has 0 aliphatic carbocycles. The van der Waals surface area contributed by atoms with Crippen molar-refractivity contribution in [3.05, 3.63) is 102 Å². The summed E-state index contributed by atoms with van der Waals surface area (Å²) in [5, 5.41) is 9.88. The molecule has 0 radical (unpaired) electrons. The number of thioether (sulfide) groups is 2. The molecule has 3 N–H and O–H groups in total. The van der Waals surface area contributed by atoms with E-state index in [-0.39, 0.29) is 23.3 Å². The number of nitrogens with zero attached hydrogens (tertiary/aromatic N) is 1. The summed E-state index contributed by atoms with van der Waals surface area (Å²) in [6.45, 7) is 4.10. The van der Waals surface area contributed by atoms with Crippen LogP contribution in [-0.2, 0) is 9.59 Å². The van der Waals surface area contributed by atoms with Crippen LogP contribution in [0.2, 0.25) is 0 Å². The Morgan fingerprint density at radius 1 is 0.829 bits per heavy atom. The van der Waals surface area contributed by atoms with E-state index in [1.165, 1.54) is 23.5 Å². The molecule has 1 unspecified atom stereocenters. The van der Waals surface area contributed by atoms with Crippen LogP contribution in [0.1, 0.15) is 22.9 Å². The minimum absolute atomic E-state index is 0.160. The molecule has 2 amide bonds. The first-order valence-electron chi connectivity index (χ1n) is 13.2. The largest absolute Gasteiger partial charge is 0.497 e. The number of methoxy groups -OCH3 is 1. The van der Waals surface area contributed by atoms with E-state index in [1.54, 1.807) is 19.2 Å². The van der Waals surface area contributed by atoms with Gasteiger partial charge in [-0.2, -0.15) is 4.98 Å². The molecule has 5 rings (SSSR count). The Morgan fingerprint density at radius 3 is 2.20 bits per heavy atom. The van der Waals surface area contributed by atoms with Gasteiger partial charge in [-0.3, -0.25) is 9.59 Å². The molecule has 0 aliphatic heterocycles. The van der Waals surface area contributed by atoms with Crippen LogP contribution in [0.15, 0.2) is 95.0 Å². The van der Waals surface area contributed by atoms with Gasteiger partial charge in [0.1, 0.15) is 11.9 Å². The number of aromatic nitrogens is 2. The summed E-state index contributed by atoms with van der Waals surface area (Å²) in [5.74, 6) is 0.625. The number of carbonyl (C=O) groups is 2. The van der Waals surface area contributed by atoms with Gasteiger partial charge in [-0.15, -0.1) is 0 Å². The van der Waals surface area contributed by atoms with Crippen LogP contribution >= 0.6 is 23.5 Å². The maximum Gasteiger partial charge on any atom is 0.239 e. The average molecular weight is 584 g/mol. The molecule has 1 atom stereocenters. The highest BCUT2D eigenvalue weighted by atomic mass is 32.2. The maximum absolute atomic E-state index is 13.1. The molecule has 0 fully saturated rings. The summed E-state index contributed by atoms with van der Waals surface area (Å²) < 4.78 is 5.27. The standard InChI is InChI=1S/C32H30N4O3S2/c1-20-16-30(33-26-10-6-4-8-24(20)26)40-18-28(37)35-32(22-12-14-23(39-3)15-13-22)36-29(38)19-41-31-17-21(2)25-9-5-7-11-27(25)34-31/h4-17,32H,18-19H2,1-3H3,(H,35,37)(H,36,38)/p+1. The van der Waals surface area contributed by atoms with Gasteiger partial charge in [-0.25, -0.2) is 4.98 Å². The van der Waals surface area contributed by atoms with Crippen molar-refractivity contribution in [1.29, 1.82) is 0 Å². The summed E-state index contributed by atoms with van der Waals surface area (Å²) >= 11 is 2.78. The Morgan fingerprint density at radius 2 is 1.46 bits per heavy atom. The molecule has 9 heteroatoms. The van der Waals surface area contributed by atoms with E-state index in [0.717, 1.165) is 48.5 Å². The zero-order chi connectivity index (χ0) is 28.8. The fourth-order valence-corrected chi connectivity index (χ4v) is 6.13. The molecule has 0 bridgehead atoms. The highest BCUT2D eigenvalue weighted by Gasteiger charge is 2.19. The lowest BCUT2D eigenvalue weighted by Crippen LogP contribution is -2.42. The lowest BCUT2D eigenvalue weighted by Gasteiger charge is -2.21. The van der Waals surface area contributed by atoms with Gasteiger partial charge in [0.05, 0.1) is 29.2 Å². The molecule has 0 aliphatic rings. The van der Waals surface area contributed by atoms with Crippen molar-refractivity contribution in [1.82, 2.24) is 15.6 Å². The summed E-state index contributed by atoms with van der Waals surface area (Å²) in [6.07, 6.45) is -0.698. The summed E-state index contributed by atoms with van der Waals surface area (Å²) in [7, 11) is 1.60. The number of benzene rings is 3. The number of para-hydroxylation sites is 2. The van der Waals surface area contributed by atoms with Gasteiger partial charge in [0, 0.05) is 22.9 Å². The van der Waals surface area contributed by atoms with Crippen molar-refractivity contribution >= 4 is 57.1 Å². The first-order chi connectivity index (χ1) is 19.9. The second-order valence-electron chi connectivity index (χ2n) is 9.58. The molecule has 2 heterocycles. The first-order valence-corrected chi connectivity index (χ1v) is 15.1. The smallest absolute Gasteiger partial charge is 0.239 e. The van der Waals surface area contributed by atoms with E-state index >= 15 is 0 Å². The molecular formula is C32H31N4O3S2+. The number of aryl methyl sites for hydroxylation is 2. The van der Waals surface area contributed by atoms with Crippen molar-refractivity contribution < 1.29 is 19.3 Å². The third kappa shape index (κ3) is 7.17. The Labute approximate surface area is 247 Å². The monoisotopic (exact) mass is 583 g/mol. The van der Waals surface area contributed by atoms with Crippen LogP contribution < -0.4 is 20.4 Å². The number of ether oxygens (including phenoxy) is 1. The van der Waals surface area contributed by atoms with Crippen molar-refractivity contribution in [2.45, 2.75) is 30.1 Å². The Balaban J connectivity index is 1.25. The van der Waals surface area contributed by atoms with Crippen LogP contribution in [0.4, 0.5) is 0 Å². The molecule has 5 aromatic rings. The summed E-state index contributed by atoms with van der Waals surface area (Å²) in [5.41, 5.74) is 4.91. The van der Waals surface area contributed by atoms with Crippen LogP contribution in [0.25, 0.3) is 21.8 Å². The van der Waals surface area contributed by atoms with Crippen LogP contribution in [0, 0.1) is 13.8 Å². The molecule has 3 aromatic carbocycles. The number of H-pyrrole nitrogens is 1. The van der Waals surface area contributed by atoms with E-state index in [0.29, 0.717) is 5.75 Å². The predicted octanol–water partition coefficient (Wildman–Crippen LogP) is 5.64.